The molecule has 0 aliphatic carbocycles. The Balaban J connectivity index is 3.25. The molecule has 0 bridgehead atoms. The van der Waals surface area contributed by atoms with E-state index in [2.05, 4.69) is 22.5 Å². The van der Waals surface area contributed by atoms with Gasteiger partial charge in [-0.2, -0.15) is 0 Å². The minimum absolute atomic E-state index is 0.265. The van der Waals surface area contributed by atoms with E-state index in [4.69, 9.17) is 4.74 Å². The zero-order chi connectivity index (χ0) is 14.6. The molecule has 0 amide bonds. The normalized spacial score (nSPS) is 12.2. The quantitative estimate of drug-likeness (QED) is 0.597. The summed E-state index contributed by atoms with van der Waals surface area (Å²) in [5.41, 5.74) is 2.05. The number of hydrogen-bond acceptors (Lipinski definition) is 2. The van der Waals surface area contributed by atoms with Crippen molar-refractivity contribution < 1.29 is 9.53 Å². The van der Waals surface area contributed by atoms with Crippen molar-refractivity contribution in [2.75, 3.05) is 7.11 Å². The molecule has 0 fully saturated rings. The predicted octanol–water partition coefficient (Wildman–Crippen LogP) is 4.61. The zero-order valence-corrected chi connectivity index (χ0v) is 13.4. The average Bonchev–Trinajstić information content (AvgIpc) is 2.36. The van der Waals surface area contributed by atoms with Gasteiger partial charge in [-0.15, -0.1) is 0 Å². The Morgan fingerprint density at radius 3 is 2.26 bits per heavy atom. The van der Waals surface area contributed by atoms with Gasteiger partial charge in [-0.3, -0.25) is 4.79 Å². The summed E-state index contributed by atoms with van der Waals surface area (Å²) in [7, 11) is 1.40. The highest BCUT2D eigenvalue weighted by Crippen LogP contribution is 2.34. The van der Waals surface area contributed by atoms with Crippen molar-refractivity contribution in [1.82, 2.24) is 0 Å². The van der Waals surface area contributed by atoms with E-state index in [1.54, 1.807) is 0 Å². The molecule has 0 aromatic heterocycles. The Bertz CT molecular complexity index is 510. The van der Waals surface area contributed by atoms with Gasteiger partial charge in [-0.05, 0) is 44.0 Å². The summed E-state index contributed by atoms with van der Waals surface area (Å²) in [6.45, 7) is 9.56. The molecule has 1 aromatic rings. The number of benzene rings is 1. The fourth-order valence-corrected chi connectivity index (χ4v) is 2.19. The van der Waals surface area contributed by atoms with Crippen LogP contribution in [-0.2, 0) is 9.53 Å². The molecule has 0 spiro atoms. The fraction of sp³-hybridized carbons (Fsp3) is 0.312. The monoisotopic (exact) mass is 322 g/mol. The minimum Gasteiger partial charge on any atom is -0.468 e. The number of halogens is 1. The number of methoxy groups -OCH3 is 1. The van der Waals surface area contributed by atoms with Crippen LogP contribution in [0.25, 0.3) is 6.08 Å². The van der Waals surface area contributed by atoms with E-state index in [1.165, 1.54) is 7.11 Å². The smallest absolute Gasteiger partial charge is 0.315 e. The van der Waals surface area contributed by atoms with E-state index in [0.29, 0.717) is 0 Å². The Morgan fingerprint density at radius 2 is 1.84 bits per heavy atom. The maximum absolute atomic E-state index is 11.9. The first kappa shape index (κ1) is 15.7. The number of ether oxygens (including phenoxy) is 1. The molecule has 0 radical (unpaired) electrons. The highest BCUT2D eigenvalue weighted by molar-refractivity contribution is 9.10. The van der Waals surface area contributed by atoms with Crippen molar-refractivity contribution >= 4 is 28.0 Å². The second-order valence-corrected chi connectivity index (χ2v) is 5.92. The molecular weight excluding hydrogens is 304 g/mol. The van der Waals surface area contributed by atoms with Crippen LogP contribution >= 0.6 is 15.9 Å². The van der Waals surface area contributed by atoms with Gasteiger partial charge in [0.25, 0.3) is 0 Å². The number of rotatable bonds is 4. The second kappa shape index (κ2) is 6.20. The van der Waals surface area contributed by atoms with Gasteiger partial charge in [0.1, 0.15) is 0 Å². The molecule has 0 N–H and O–H groups in total. The van der Waals surface area contributed by atoms with Gasteiger partial charge >= 0.3 is 5.97 Å². The van der Waals surface area contributed by atoms with Crippen LogP contribution in [0.5, 0.6) is 0 Å². The fourth-order valence-electron chi connectivity index (χ4n) is 1.93. The number of esters is 1. The third kappa shape index (κ3) is 3.80. The lowest BCUT2D eigenvalue weighted by atomic mass is 9.80. The van der Waals surface area contributed by atoms with Crippen LogP contribution in [0.1, 0.15) is 26.3 Å². The summed E-state index contributed by atoms with van der Waals surface area (Å²) >= 11 is 3.40. The van der Waals surface area contributed by atoms with Gasteiger partial charge < -0.3 is 4.74 Å². The summed E-state index contributed by atoms with van der Waals surface area (Å²) in [6.07, 6.45) is 1.98. The molecule has 3 heteroatoms. The first-order valence-electron chi connectivity index (χ1n) is 6.01. The van der Waals surface area contributed by atoms with Gasteiger partial charge in [0.05, 0.1) is 12.5 Å². The van der Waals surface area contributed by atoms with Crippen molar-refractivity contribution in [2.45, 2.75) is 20.8 Å². The number of hydrogen-bond donors (Lipinski definition) is 0. The van der Waals surface area contributed by atoms with Crippen LogP contribution in [0.3, 0.4) is 0 Å². The van der Waals surface area contributed by atoms with Crippen molar-refractivity contribution in [2.24, 2.45) is 5.41 Å². The van der Waals surface area contributed by atoms with Crippen molar-refractivity contribution in [1.29, 1.82) is 0 Å². The van der Waals surface area contributed by atoms with E-state index in [0.717, 1.165) is 21.2 Å². The molecule has 0 saturated carbocycles. The molecule has 0 aliphatic heterocycles. The second-order valence-electron chi connectivity index (χ2n) is 5.01. The Hall–Kier alpha value is -1.35. The minimum atomic E-state index is -0.715. The summed E-state index contributed by atoms with van der Waals surface area (Å²) in [6, 6.07) is 7.90. The van der Waals surface area contributed by atoms with E-state index in [-0.39, 0.29) is 5.97 Å². The topological polar surface area (TPSA) is 26.3 Å². The van der Waals surface area contributed by atoms with Crippen LogP contribution in [0, 0.1) is 5.41 Å². The summed E-state index contributed by atoms with van der Waals surface area (Å²) in [5, 5.41) is 0. The maximum Gasteiger partial charge on any atom is 0.315 e. The van der Waals surface area contributed by atoms with Crippen LogP contribution in [0.4, 0.5) is 0 Å². The van der Waals surface area contributed by atoms with Crippen LogP contribution in [-0.4, -0.2) is 13.1 Å². The summed E-state index contributed by atoms with van der Waals surface area (Å²) < 4.78 is 5.90. The van der Waals surface area contributed by atoms with Gasteiger partial charge in [-0.25, -0.2) is 0 Å². The maximum atomic E-state index is 11.9. The van der Waals surface area contributed by atoms with Gasteiger partial charge in [0.15, 0.2) is 0 Å². The first-order valence-corrected chi connectivity index (χ1v) is 6.80. The first-order chi connectivity index (χ1) is 8.78. The standard InChI is InChI=1S/C16H19BrO2/c1-11(2)14(16(3,4)15(18)19-5)10-12-6-8-13(17)9-7-12/h6-10H,1H2,2-5H3/b14-10+. The number of allylic oxidation sites excluding steroid dienone is 1. The molecular formula is C16H19BrO2. The third-order valence-electron chi connectivity index (χ3n) is 3.01. The van der Waals surface area contributed by atoms with E-state index >= 15 is 0 Å². The third-order valence-corrected chi connectivity index (χ3v) is 3.54. The lowest BCUT2D eigenvalue weighted by molar-refractivity contribution is -0.148. The largest absolute Gasteiger partial charge is 0.468 e. The molecule has 0 aliphatic rings. The Labute approximate surface area is 123 Å². The summed E-state index contributed by atoms with van der Waals surface area (Å²) in [4.78, 5) is 11.9. The van der Waals surface area contributed by atoms with Gasteiger partial charge in [-0.1, -0.05) is 46.3 Å². The van der Waals surface area contributed by atoms with E-state index < -0.39 is 5.41 Å². The Kier molecular flexibility index (Phi) is 5.12. The van der Waals surface area contributed by atoms with Crippen LogP contribution in [0.2, 0.25) is 0 Å². The van der Waals surface area contributed by atoms with Crippen molar-refractivity contribution in [3.8, 4) is 0 Å². The average molecular weight is 323 g/mol. The number of carbonyl (C=O) groups excluding carboxylic acids is 1. The van der Waals surface area contributed by atoms with Crippen molar-refractivity contribution in [3.05, 3.63) is 52.0 Å². The molecule has 1 rings (SSSR count). The molecule has 102 valence electrons. The Morgan fingerprint density at radius 1 is 1.32 bits per heavy atom. The molecule has 2 nitrogen and oxygen atoms in total. The van der Waals surface area contributed by atoms with E-state index in [1.807, 2.05) is 51.1 Å². The van der Waals surface area contributed by atoms with Crippen LogP contribution < -0.4 is 0 Å². The molecule has 0 saturated heterocycles. The molecule has 0 heterocycles. The highest BCUT2D eigenvalue weighted by atomic mass is 79.9. The number of carbonyl (C=O) groups is 1. The molecule has 19 heavy (non-hydrogen) atoms. The lowest BCUT2D eigenvalue weighted by Crippen LogP contribution is -2.28. The molecule has 1 aromatic carbocycles. The summed E-state index contributed by atoms with van der Waals surface area (Å²) in [5.74, 6) is -0.265. The van der Waals surface area contributed by atoms with E-state index in [9.17, 15) is 4.79 Å². The van der Waals surface area contributed by atoms with Crippen LogP contribution in [0.15, 0.2) is 46.5 Å². The van der Waals surface area contributed by atoms with Crippen molar-refractivity contribution in [3.63, 3.8) is 0 Å². The highest BCUT2D eigenvalue weighted by Gasteiger charge is 2.33. The SMILES string of the molecule is C=C(C)/C(=C\c1ccc(Br)cc1)C(C)(C)C(=O)OC. The molecule has 0 unspecified atom stereocenters. The predicted molar refractivity (Wildman–Crippen MR) is 82.7 cm³/mol. The van der Waals surface area contributed by atoms with Gasteiger partial charge in [0.2, 0.25) is 0 Å². The lowest BCUT2D eigenvalue weighted by Gasteiger charge is -2.25. The molecule has 0 atom stereocenters. The zero-order valence-electron chi connectivity index (χ0n) is 11.8. The van der Waals surface area contributed by atoms with Gasteiger partial charge in [0, 0.05) is 4.47 Å².